The number of rotatable bonds is 8. The van der Waals surface area contributed by atoms with Crippen LogP contribution in [-0.2, 0) is 9.59 Å². The summed E-state index contributed by atoms with van der Waals surface area (Å²) in [6, 6.07) is 11.1. The largest absolute Gasteiger partial charge is 0.496 e. The summed E-state index contributed by atoms with van der Waals surface area (Å²) in [7, 11) is 1.47. The first-order valence-electron chi connectivity index (χ1n) is 10.7. The Bertz CT molecular complexity index is 1230. The monoisotopic (exact) mass is 478 g/mol. The number of ketones is 1. The summed E-state index contributed by atoms with van der Waals surface area (Å²) in [5.41, 5.74) is 0.950. The zero-order valence-corrected chi connectivity index (χ0v) is 19.8. The van der Waals surface area contributed by atoms with Crippen molar-refractivity contribution in [2.24, 2.45) is 0 Å². The van der Waals surface area contributed by atoms with E-state index in [1.165, 1.54) is 26.6 Å². The highest BCUT2D eigenvalue weighted by Gasteiger charge is 2.25. The Morgan fingerprint density at radius 2 is 1.69 bits per heavy atom. The number of hydrogen-bond donors (Lipinski definition) is 3. The van der Waals surface area contributed by atoms with Crippen molar-refractivity contribution in [2.75, 3.05) is 19.0 Å². The molecular formula is C25H26N4O6. The average Bonchev–Trinajstić information content (AvgIpc) is 3.37. The van der Waals surface area contributed by atoms with E-state index < -0.39 is 17.4 Å². The molecule has 3 rings (SSSR count). The van der Waals surface area contributed by atoms with E-state index in [9.17, 15) is 19.2 Å². The molecule has 0 spiro atoms. The molecule has 3 aromatic rings. The standard InChI is InChI=1S/C25H26N4O6/c1-15(30)16-5-7-17(8-6-16)22(31)27-13-25(2,3)29-24(33)23(32)28-18-9-10-19(20(11-18)34-4)21-12-26-14-35-21/h5-12,14H,13H2,1-4H3,(H,27,31)(H,28,32)(H,29,33). The van der Waals surface area contributed by atoms with Crippen LogP contribution in [0.1, 0.15) is 41.5 Å². The van der Waals surface area contributed by atoms with Crippen molar-refractivity contribution in [3.8, 4) is 17.1 Å². The van der Waals surface area contributed by atoms with E-state index >= 15 is 0 Å². The van der Waals surface area contributed by atoms with Gasteiger partial charge < -0.3 is 25.1 Å². The quantitative estimate of drug-likeness (QED) is 0.334. The molecule has 3 amide bonds. The second-order valence-electron chi connectivity index (χ2n) is 8.39. The number of amides is 3. The third-order valence-corrected chi connectivity index (χ3v) is 5.06. The first kappa shape index (κ1) is 25.2. The van der Waals surface area contributed by atoms with Crippen LogP contribution < -0.4 is 20.7 Å². The van der Waals surface area contributed by atoms with E-state index in [1.807, 2.05) is 0 Å². The molecule has 0 saturated carbocycles. The first-order chi connectivity index (χ1) is 16.6. The van der Waals surface area contributed by atoms with Gasteiger partial charge in [-0.1, -0.05) is 12.1 Å². The Balaban J connectivity index is 1.56. The van der Waals surface area contributed by atoms with Gasteiger partial charge in [-0.15, -0.1) is 0 Å². The number of aromatic nitrogens is 1. The van der Waals surface area contributed by atoms with Gasteiger partial charge in [0.25, 0.3) is 5.91 Å². The molecule has 0 aliphatic heterocycles. The minimum absolute atomic E-state index is 0.0685. The summed E-state index contributed by atoms with van der Waals surface area (Å²) in [6.45, 7) is 4.86. The van der Waals surface area contributed by atoms with Crippen molar-refractivity contribution in [3.63, 3.8) is 0 Å². The van der Waals surface area contributed by atoms with Crippen molar-refractivity contribution in [1.29, 1.82) is 0 Å². The number of oxazole rings is 1. The van der Waals surface area contributed by atoms with Crippen LogP contribution in [0.5, 0.6) is 5.75 Å². The fourth-order valence-corrected chi connectivity index (χ4v) is 3.18. The molecule has 1 aromatic heterocycles. The first-order valence-corrected chi connectivity index (χ1v) is 10.7. The van der Waals surface area contributed by atoms with E-state index in [1.54, 1.807) is 56.3 Å². The fourth-order valence-electron chi connectivity index (χ4n) is 3.18. The van der Waals surface area contributed by atoms with Crippen LogP contribution in [0.25, 0.3) is 11.3 Å². The molecule has 0 aliphatic carbocycles. The van der Waals surface area contributed by atoms with Crippen LogP contribution in [0.2, 0.25) is 0 Å². The number of carbonyl (C=O) groups is 4. The SMILES string of the molecule is COc1cc(NC(=O)C(=O)NC(C)(C)CNC(=O)c2ccc(C(C)=O)cc2)ccc1-c1cnco1. The summed E-state index contributed by atoms with van der Waals surface area (Å²) in [4.78, 5) is 52.5. The van der Waals surface area contributed by atoms with Gasteiger partial charge in [-0.25, -0.2) is 4.98 Å². The highest BCUT2D eigenvalue weighted by Crippen LogP contribution is 2.32. The minimum Gasteiger partial charge on any atom is -0.496 e. The number of ether oxygens (including phenoxy) is 1. The van der Waals surface area contributed by atoms with Gasteiger partial charge in [0.15, 0.2) is 17.9 Å². The fraction of sp³-hybridized carbons (Fsp3) is 0.240. The molecule has 0 radical (unpaired) electrons. The molecule has 182 valence electrons. The number of Topliss-reactive ketones (excluding diaryl/α,β-unsaturated/α-hetero) is 1. The van der Waals surface area contributed by atoms with Gasteiger partial charge in [-0.05, 0) is 45.0 Å². The molecule has 1 heterocycles. The Morgan fingerprint density at radius 1 is 1.00 bits per heavy atom. The lowest BCUT2D eigenvalue weighted by atomic mass is 10.0. The van der Waals surface area contributed by atoms with Crippen LogP contribution in [-0.4, -0.2) is 47.7 Å². The maximum atomic E-state index is 12.5. The minimum atomic E-state index is -0.919. The van der Waals surface area contributed by atoms with Gasteiger partial charge in [0.05, 0.1) is 24.4 Å². The molecule has 0 unspecified atom stereocenters. The number of anilines is 1. The maximum Gasteiger partial charge on any atom is 0.313 e. The normalized spacial score (nSPS) is 10.9. The summed E-state index contributed by atoms with van der Waals surface area (Å²) in [5.74, 6) is -1.28. The molecule has 0 aliphatic rings. The summed E-state index contributed by atoms with van der Waals surface area (Å²) in [6.07, 6.45) is 2.83. The van der Waals surface area contributed by atoms with Crippen molar-refractivity contribution in [3.05, 3.63) is 66.2 Å². The van der Waals surface area contributed by atoms with Crippen LogP contribution in [0.3, 0.4) is 0 Å². The molecule has 0 saturated heterocycles. The molecule has 35 heavy (non-hydrogen) atoms. The number of methoxy groups -OCH3 is 1. The predicted octanol–water partition coefficient (Wildman–Crippen LogP) is 2.82. The highest BCUT2D eigenvalue weighted by molar-refractivity contribution is 6.39. The predicted molar refractivity (Wildman–Crippen MR) is 128 cm³/mol. The van der Waals surface area contributed by atoms with Gasteiger partial charge in [0.1, 0.15) is 5.75 Å². The van der Waals surface area contributed by atoms with E-state index in [4.69, 9.17) is 9.15 Å². The molecule has 10 nitrogen and oxygen atoms in total. The van der Waals surface area contributed by atoms with E-state index in [0.717, 1.165) is 0 Å². The van der Waals surface area contributed by atoms with E-state index in [-0.39, 0.29) is 18.2 Å². The topological polar surface area (TPSA) is 140 Å². The van der Waals surface area contributed by atoms with E-state index in [2.05, 4.69) is 20.9 Å². The highest BCUT2D eigenvalue weighted by atomic mass is 16.5. The summed E-state index contributed by atoms with van der Waals surface area (Å²) in [5, 5.41) is 7.84. The third kappa shape index (κ3) is 6.53. The van der Waals surface area contributed by atoms with Gasteiger partial charge in [-0.2, -0.15) is 0 Å². The molecule has 10 heteroatoms. The van der Waals surface area contributed by atoms with Gasteiger partial charge in [0.2, 0.25) is 0 Å². The Hall–Kier alpha value is -4.47. The molecule has 0 atom stereocenters. The summed E-state index contributed by atoms with van der Waals surface area (Å²) >= 11 is 0. The zero-order valence-electron chi connectivity index (χ0n) is 19.8. The van der Waals surface area contributed by atoms with Crippen molar-refractivity contribution in [2.45, 2.75) is 26.3 Å². The lowest BCUT2D eigenvalue weighted by molar-refractivity contribution is -0.137. The Labute approximate surface area is 202 Å². The van der Waals surface area contributed by atoms with Gasteiger partial charge in [0, 0.05) is 29.4 Å². The second kappa shape index (κ2) is 10.6. The van der Waals surface area contributed by atoms with Crippen molar-refractivity contribution < 1.29 is 28.3 Å². The van der Waals surface area contributed by atoms with Crippen molar-refractivity contribution in [1.82, 2.24) is 15.6 Å². The number of nitrogens with zero attached hydrogens (tertiary/aromatic N) is 1. The zero-order chi connectivity index (χ0) is 25.6. The molecule has 0 fully saturated rings. The van der Waals surface area contributed by atoms with Crippen LogP contribution in [0.4, 0.5) is 5.69 Å². The molecule has 2 aromatic carbocycles. The second-order valence-corrected chi connectivity index (χ2v) is 8.39. The Morgan fingerprint density at radius 3 is 2.29 bits per heavy atom. The van der Waals surface area contributed by atoms with E-state index in [0.29, 0.717) is 33.9 Å². The lowest BCUT2D eigenvalue weighted by Gasteiger charge is -2.26. The number of carbonyl (C=O) groups excluding carboxylic acids is 4. The average molecular weight is 479 g/mol. The van der Waals surface area contributed by atoms with Crippen LogP contribution in [0, 0.1) is 0 Å². The maximum absolute atomic E-state index is 12.5. The number of nitrogens with one attached hydrogen (secondary N) is 3. The van der Waals surface area contributed by atoms with Gasteiger partial charge >= 0.3 is 11.8 Å². The lowest BCUT2D eigenvalue weighted by Crippen LogP contribution is -2.54. The Kier molecular flexibility index (Phi) is 7.65. The number of benzene rings is 2. The number of hydrogen-bond acceptors (Lipinski definition) is 7. The van der Waals surface area contributed by atoms with Crippen LogP contribution in [0.15, 0.2) is 59.5 Å². The van der Waals surface area contributed by atoms with Crippen molar-refractivity contribution >= 4 is 29.2 Å². The molecule has 0 bridgehead atoms. The van der Waals surface area contributed by atoms with Gasteiger partial charge in [-0.3, -0.25) is 19.2 Å². The molecule has 3 N–H and O–H groups in total. The third-order valence-electron chi connectivity index (χ3n) is 5.06. The summed E-state index contributed by atoms with van der Waals surface area (Å²) < 4.78 is 10.6. The smallest absolute Gasteiger partial charge is 0.313 e. The van der Waals surface area contributed by atoms with Crippen LogP contribution >= 0.6 is 0 Å². The molecular weight excluding hydrogens is 452 g/mol.